The zero-order valence-corrected chi connectivity index (χ0v) is 42.5. The van der Waals surface area contributed by atoms with Gasteiger partial charge in [-0.3, -0.25) is 4.79 Å². The maximum absolute atomic E-state index is 12.5. The lowest BCUT2D eigenvalue weighted by molar-refractivity contribution is -0.123. The van der Waals surface area contributed by atoms with Gasteiger partial charge in [-0.1, -0.05) is 257 Å². The summed E-state index contributed by atoms with van der Waals surface area (Å²) in [6.07, 6.45) is 84.8. The van der Waals surface area contributed by atoms with Crippen LogP contribution in [0, 0.1) is 0 Å². The first kappa shape index (κ1) is 61.8. The van der Waals surface area contributed by atoms with Gasteiger partial charge < -0.3 is 15.5 Å². The average molecular weight is 898 g/mol. The zero-order chi connectivity index (χ0) is 47.0. The van der Waals surface area contributed by atoms with Gasteiger partial charge in [0.25, 0.3) is 0 Å². The van der Waals surface area contributed by atoms with Gasteiger partial charge in [0, 0.05) is 6.42 Å². The van der Waals surface area contributed by atoms with E-state index >= 15 is 0 Å². The standard InChI is InChI=1S/C61H103NO3/c1-3-5-7-9-11-13-15-17-19-21-23-25-27-28-29-30-31-32-33-34-35-37-39-41-43-45-47-49-51-53-55-57-61(65)62-59(58-63)60(64)56-54-52-50-48-46-44-42-40-38-36-26-24-22-20-18-16-14-12-10-8-6-4-2/h5,7,11,13,17,19,23,25,28-29,31-32,34-35,39,41,46,48,54,56,59-60,63-64H,3-4,6,8-10,12,14-16,18,20-22,24,26-27,30,33,36-38,40,42-45,47,49-53,55,57-58H2,1-2H3,(H,62,65)/b7-5-,13-11-,19-17-,25-23-,29-28-,32-31-,35-34-,41-39-,48-46+,56-54+. The van der Waals surface area contributed by atoms with Gasteiger partial charge >= 0.3 is 0 Å². The molecule has 0 aromatic carbocycles. The van der Waals surface area contributed by atoms with Crippen LogP contribution in [0.25, 0.3) is 0 Å². The molecular weight excluding hydrogens is 795 g/mol. The molecule has 0 aliphatic rings. The Labute approximate surface area is 403 Å². The van der Waals surface area contributed by atoms with Gasteiger partial charge in [-0.05, 0) is 96.3 Å². The van der Waals surface area contributed by atoms with Gasteiger partial charge in [-0.15, -0.1) is 0 Å². The lowest BCUT2D eigenvalue weighted by Crippen LogP contribution is -2.45. The third-order valence-corrected chi connectivity index (χ3v) is 11.7. The summed E-state index contributed by atoms with van der Waals surface area (Å²) in [6, 6.07) is -0.657. The van der Waals surface area contributed by atoms with E-state index in [1.54, 1.807) is 6.08 Å². The molecule has 0 saturated carbocycles. The maximum Gasteiger partial charge on any atom is 0.220 e. The van der Waals surface area contributed by atoms with Crippen LogP contribution in [0.3, 0.4) is 0 Å². The monoisotopic (exact) mass is 898 g/mol. The number of rotatable bonds is 48. The number of aliphatic hydroxyl groups excluding tert-OH is 2. The minimum Gasteiger partial charge on any atom is -0.394 e. The van der Waals surface area contributed by atoms with E-state index in [9.17, 15) is 15.0 Å². The van der Waals surface area contributed by atoms with Gasteiger partial charge in [0.05, 0.1) is 18.8 Å². The third kappa shape index (κ3) is 51.6. The number of hydrogen-bond acceptors (Lipinski definition) is 3. The van der Waals surface area contributed by atoms with Crippen molar-refractivity contribution in [2.45, 2.75) is 251 Å². The van der Waals surface area contributed by atoms with E-state index in [1.807, 2.05) is 6.08 Å². The second-order valence-corrected chi connectivity index (χ2v) is 17.9. The second-order valence-electron chi connectivity index (χ2n) is 17.9. The Hall–Kier alpha value is -3.21. The Morgan fingerprint density at radius 3 is 1.08 bits per heavy atom. The van der Waals surface area contributed by atoms with Crippen LogP contribution in [0.4, 0.5) is 0 Å². The summed E-state index contributed by atoms with van der Waals surface area (Å²) in [5, 5.41) is 23.1. The molecule has 65 heavy (non-hydrogen) atoms. The van der Waals surface area contributed by atoms with Crippen molar-refractivity contribution in [3.8, 4) is 0 Å². The Balaban J connectivity index is 3.67. The average Bonchev–Trinajstić information content (AvgIpc) is 3.31. The summed E-state index contributed by atoms with van der Waals surface area (Å²) in [6.45, 7) is 4.18. The van der Waals surface area contributed by atoms with Crippen molar-refractivity contribution in [2.75, 3.05) is 6.61 Å². The van der Waals surface area contributed by atoms with Crippen LogP contribution < -0.4 is 5.32 Å². The first-order chi connectivity index (χ1) is 32.2. The number of amides is 1. The highest BCUT2D eigenvalue weighted by Gasteiger charge is 2.17. The molecule has 4 nitrogen and oxygen atoms in total. The summed E-state index contributed by atoms with van der Waals surface area (Å²) in [4.78, 5) is 12.5. The molecule has 0 spiro atoms. The van der Waals surface area contributed by atoms with Crippen molar-refractivity contribution >= 4 is 5.91 Å². The fourth-order valence-electron chi connectivity index (χ4n) is 7.56. The third-order valence-electron chi connectivity index (χ3n) is 11.7. The molecule has 0 heterocycles. The minimum atomic E-state index is -0.878. The van der Waals surface area contributed by atoms with Crippen molar-refractivity contribution < 1.29 is 15.0 Å². The van der Waals surface area contributed by atoms with Crippen LogP contribution in [-0.2, 0) is 4.79 Å². The van der Waals surface area contributed by atoms with E-state index in [1.165, 1.54) is 122 Å². The van der Waals surface area contributed by atoms with E-state index in [2.05, 4.69) is 129 Å². The van der Waals surface area contributed by atoms with E-state index in [-0.39, 0.29) is 12.5 Å². The predicted molar refractivity (Wildman–Crippen MR) is 289 cm³/mol. The van der Waals surface area contributed by atoms with Crippen molar-refractivity contribution in [3.05, 3.63) is 122 Å². The highest BCUT2D eigenvalue weighted by Crippen LogP contribution is 2.15. The van der Waals surface area contributed by atoms with Crippen LogP contribution in [0.15, 0.2) is 122 Å². The van der Waals surface area contributed by atoms with Gasteiger partial charge in [0.1, 0.15) is 0 Å². The molecule has 0 saturated heterocycles. The molecule has 2 atom stereocenters. The molecule has 0 aliphatic heterocycles. The molecule has 0 bridgehead atoms. The Bertz CT molecular complexity index is 1290. The highest BCUT2D eigenvalue weighted by molar-refractivity contribution is 5.76. The molecule has 0 aliphatic carbocycles. The Morgan fingerprint density at radius 1 is 0.385 bits per heavy atom. The van der Waals surface area contributed by atoms with Crippen LogP contribution in [0.5, 0.6) is 0 Å². The van der Waals surface area contributed by atoms with Crippen molar-refractivity contribution in [1.82, 2.24) is 5.32 Å². The lowest BCUT2D eigenvalue weighted by atomic mass is 10.0. The Kier molecular flexibility index (Phi) is 52.4. The van der Waals surface area contributed by atoms with Gasteiger partial charge in [-0.25, -0.2) is 0 Å². The quantitative estimate of drug-likeness (QED) is 0.0421. The molecule has 2 unspecified atom stereocenters. The van der Waals surface area contributed by atoms with Crippen molar-refractivity contribution in [1.29, 1.82) is 0 Å². The number of carbonyl (C=O) groups is 1. The molecule has 4 heteroatoms. The van der Waals surface area contributed by atoms with Crippen LogP contribution >= 0.6 is 0 Å². The molecule has 3 N–H and O–H groups in total. The second kappa shape index (κ2) is 55.1. The number of carbonyl (C=O) groups excluding carboxylic acids is 1. The topological polar surface area (TPSA) is 69.6 Å². The summed E-state index contributed by atoms with van der Waals surface area (Å²) in [7, 11) is 0. The van der Waals surface area contributed by atoms with E-state index in [4.69, 9.17) is 0 Å². The van der Waals surface area contributed by atoms with E-state index in [0.29, 0.717) is 6.42 Å². The van der Waals surface area contributed by atoms with Crippen LogP contribution in [-0.4, -0.2) is 34.9 Å². The minimum absolute atomic E-state index is 0.0925. The number of allylic oxidation sites excluding steroid dienone is 19. The normalized spacial score (nSPS) is 13.8. The van der Waals surface area contributed by atoms with Crippen molar-refractivity contribution in [2.24, 2.45) is 0 Å². The number of aliphatic hydroxyl groups is 2. The molecular formula is C61H103NO3. The fourth-order valence-corrected chi connectivity index (χ4v) is 7.56. The molecule has 0 aromatic rings. The maximum atomic E-state index is 12.5. The summed E-state index contributed by atoms with van der Waals surface area (Å²) >= 11 is 0. The first-order valence-electron chi connectivity index (χ1n) is 27.2. The molecule has 0 fully saturated rings. The largest absolute Gasteiger partial charge is 0.394 e. The van der Waals surface area contributed by atoms with Gasteiger partial charge in [0.2, 0.25) is 5.91 Å². The van der Waals surface area contributed by atoms with E-state index in [0.717, 1.165) is 96.3 Å². The predicted octanol–water partition coefficient (Wildman–Crippen LogP) is 18.1. The molecule has 370 valence electrons. The molecule has 0 aromatic heterocycles. The summed E-state index contributed by atoms with van der Waals surface area (Å²) in [5.41, 5.74) is 0. The first-order valence-corrected chi connectivity index (χ1v) is 27.2. The lowest BCUT2D eigenvalue weighted by Gasteiger charge is -2.19. The van der Waals surface area contributed by atoms with Crippen LogP contribution in [0.1, 0.15) is 239 Å². The summed E-state index contributed by atoms with van der Waals surface area (Å²) < 4.78 is 0. The number of unbranched alkanes of at least 4 members (excludes halogenated alkanes) is 23. The summed E-state index contributed by atoms with van der Waals surface area (Å²) in [5.74, 6) is -0.0925. The molecule has 0 radical (unpaired) electrons. The number of nitrogens with one attached hydrogen (secondary N) is 1. The highest BCUT2D eigenvalue weighted by atomic mass is 16.3. The molecule has 1 amide bonds. The van der Waals surface area contributed by atoms with Gasteiger partial charge in [-0.2, -0.15) is 0 Å². The fraction of sp³-hybridized carbons (Fsp3) is 0.656. The van der Waals surface area contributed by atoms with E-state index < -0.39 is 12.1 Å². The smallest absolute Gasteiger partial charge is 0.220 e. The molecule has 0 rings (SSSR count). The Morgan fingerprint density at radius 2 is 0.692 bits per heavy atom. The van der Waals surface area contributed by atoms with Crippen LogP contribution in [0.2, 0.25) is 0 Å². The van der Waals surface area contributed by atoms with Gasteiger partial charge in [0.15, 0.2) is 0 Å². The zero-order valence-electron chi connectivity index (χ0n) is 42.5. The SMILES string of the molecule is CC/C=C\C/C=C\C/C=C\C/C=C\C/C=C\C/C=C\C/C=C\C/C=C\CCCCCCCCC(=O)NC(CO)C(O)/C=C/CC/C=C/CCCCCCCCCCCCCCCCCC. The van der Waals surface area contributed by atoms with Crippen molar-refractivity contribution in [3.63, 3.8) is 0 Å². The number of hydrogen-bond donors (Lipinski definition) is 3.